The first-order valence-electron chi connectivity index (χ1n) is 10.5. The highest BCUT2D eigenvalue weighted by atomic mass is 35.5. The Morgan fingerprint density at radius 1 is 0.971 bits per heavy atom. The van der Waals surface area contributed by atoms with Crippen LogP contribution in [0.1, 0.15) is 22.3 Å². The van der Waals surface area contributed by atoms with Crippen molar-refractivity contribution in [3.63, 3.8) is 0 Å². The Balaban J connectivity index is 1.71. The van der Waals surface area contributed by atoms with Crippen LogP contribution >= 0.6 is 23.2 Å². The maximum atomic E-state index is 13.3. The van der Waals surface area contributed by atoms with Gasteiger partial charge in [-0.3, -0.25) is 14.9 Å². The van der Waals surface area contributed by atoms with Gasteiger partial charge < -0.3 is 4.74 Å². The lowest BCUT2D eigenvalue weighted by Crippen LogP contribution is -2.54. The molecule has 0 bridgehead atoms. The quantitative estimate of drug-likeness (QED) is 0.336. The van der Waals surface area contributed by atoms with Crippen LogP contribution in [0.3, 0.4) is 0 Å². The van der Waals surface area contributed by atoms with Crippen LogP contribution in [0.4, 0.5) is 14.9 Å². The monoisotopic (exact) mass is 512 g/mol. The molecule has 35 heavy (non-hydrogen) atoms. The highest BCUT2D eigenvalue weighted by molar-refractivity contribution is 6.40. The number of nitrogens with zero attached hydrogens (tertiary/aromatic N) is 1. The zero-order chi connectivity index (χ0) is 25.3. The number of carbonyl (C=O) groups excluding carboxylic acids is 3. The summed E-state index contributed by atoms with van der Waals surface area (Å²) in [4.78, 5) is 39.3. The third-order valence-electron chi connectivity index (χ3n) is 5.48. The first kappa shape index (κ1) is 24.4. The number of amides is 4. The molecule has 0 radical (unpaired) electrons. The minimum Gasteiger partial charge on any atom is -0.487 e. The van der Waals surface area contributed by atoms with E-state index in [1.807, 2.05) is 13.8 Å². The second kappa shape index (κ2) is 9.90. The predicted molar refractivity (Wildman–Crippen MR) is 132 cm³/mol. The summed E-state index contributed by atoms with van der Waals surface area (Å²) in [6, 6.07) is 12.9. The summed E-state index contributed by atoms with van der Waals surface area (Å²) in [5.74, 6) is -1.88. The number of urea groups is 1. The number of anilines is 1. The molecule has 0 aromatic heterocycles. The van der Waals surface area contributed by atoms with Crippen LogP contribution in [-0.2, 0) is 16.2 Å². The van der Waals surface area contributed by atoms with Gasteiger partial charge in [-0.05, 0) is 73.0 Å². The van der Waals surface area contributed by atoms with Gasteiger partial charge in [-0.2, -0.15) is 0 Å². The molecular weight excluding hydrogens is 494 g/mol. The second-order valence-corrected chi connectivity index (χ2v) is 8.79. The molecule has 0 aliphatic carbocycles. The Labute approximate surface area is 210 Å². The van der Waals surface area contributed by atoms with E-state index in [4.69, 9.17) is 27.9 Å². The molecule has 1 saturated heterocycles. The van der Waals surface area contributed by atoms with E-state index >= 15 is 0 Å². The van der Waals surface area contributed by atoms with Crippen molar-refractivity contribution in [2.24, 2.45) is 0 Å². The number of hydrogen-bond acceptors (Lipinski definition) is 4. The second-order valence-electron chi connectivity index (χ2n) is 7.95. The van der Waals surface area contributed by atoms with Gasteiger partial charge >= 0.3 is 6.03 Å². The summed E-state index contributed by atoms with van der Waals surface area (Å²) in [6.45, 7) is 3.80. The summed E-state index contributed by atoms with van der Waals surface area (Å²) in [7, 11) is 0. The highest BCUT2D eigenvalue weighted by Crippen LogP contribution is 2.35. The van der Waals surface area contributed by atoms with Gasteiger partial charge in [0, 0.05) is 10.6 Å². The number of aryl methyl sites for hydroxylation is 2. The average Bonchev–Trinajstić information content (AvgIpc) is 2.79. The fraction of sp³-hybridized carbons (Fsp3) is 0.115. The van der Waals surface area contributed by atoms with E-state index in [0.29, 0.717) is 11.3 Å². The summed E-state index contributed by atoms with van der Waals surface area (Å²) >= 11 is 12.5. The fourth-order valence-corrected chi connectivity index (χ4v) is 4.05. The molecule has 1 aliphatic heterocycles. The van der Waals surface area contributed by atoms with Gasteiger partial charge in [0.15, 0.2) is 0 Å². The number of ether oxygens (including phenoxy) is 1. The number of hydrogen-bond donors (Lipinski definition) is 1. The zero-order valence-electron chi connectivity index (χ0n) is 18.7. The largest absolute Gasteiger partial charge is 0.487 e. The molecule has 6 nitrogen and oxygen atoms in total. The van der Waals surface area contributed by atoms with Crippen molar-refractivity contribution in [1.29, 1.82) is 0 Å². The highest BCUT2D eigenvalue weighted by Gasteiger charge is 2.37. The maximum absolute atomic E-state index is 13.3. The molecule has 0 saturated carbocycles. The smallest absolute Gasteiger partial charge is 0.335 e. The summed E-state index contributed by atoms with van der Waals surface area (Å²) in [6.07, 6.45) is 1.27. The Bertz CT molecular complexity index is 1390. The standard InChI is InChI=1S/C26H19Cl2FN2O4/c1-14-3-8-20(9-15(14)2)31-25(33)21(24(32)30-26(31)34)11-17-10-18(27)12-22(28)23(17)35-13-16-4-6-19(29)7-5-16/h3-12H,13H2,1-2H3,(H,30,32,34)/b21-11+. The lowest BCUT2D eigenvalue weighted by atomic mass is 10.0. The first-order chi connectivity index (χ1) is 16.6. The molecule has 178 valence electrons. The van der Waals surface area contributed by atoms with Gasteiger partial charge in [0.1, 0.15) is 23.7 Å². The molecule has 4 amide bonds. The molecule has 3 aromatic rings. The van der Waals surface area contributed by atoms with Gasteiger partial charge in [-0.25, -0.2) is 14.1 Å². The van der Waals surface area contributed by atoms with Crippen molar-refractivity contribution in [3.05, 3.63) is 98.3 Å². The molecule has 0 atom stereocenters. The van der Waals surface area contributed by atoms with Crippen molar-refractivity contribution < 1.29 is 23.5 Å². The van der Waals surface area contributed by atoms with Crippen molar-refractivity contribution in [2.75, 3.05) is 4.90 Å². The molecule has 3 aromatic carbocycles. The summed E-state index contributed by atoms with van der Waals surface area (Å²) in [5, 5.41) is 2.59. The van der Waals surface area contributed by atoms with Crippen molar-refractivity contribution in [2.45, 2.75) is 20.5 Å². The molecule has 0 spiro atoms. The molecule has 9 heteroatoms. The first-order valence-corrected chi connectivity index (χ1v) is 11.2. The Hall–Kier alpha value is -3.68. The lowest BCUT2D eigenvalue weighted by Gasteiger charge is -2.27. The predicted octanol–water partition coefficient (Wildman–Crippen LogP) is 5.99. The van der Waals surface area contributed by atoms with Crippen LogP contribution in [0.2, 0.25) is 10.0 Å². The average molecular weight is 513 g/mol. The van der Waals surface area contributed by atoms with Gasteiger partial charge in [-0.1, -0.05) is 41.4 Å². The van der Waals surface area contributed by atoms with E-state index in [1.165, 1.54) is 30.3 Å². The number of halogens is 3. The van der Waals surface area contributed by atoms with E-state index in [-0.39, 0.29) is 39.4 Å². The molecule has 0 unspecified atom stereocenters. The Kier molecular flexibility index (Phi) is 6.91. The minimum absolute atomic E-state index is 0.0468. The normalized spacial score (nSPS) is 14.9. The van der Waals surface area contributed by atoms with Crippen LogP contribution in [0, 0.1) is 19.7 Å². The third-order valence-corrected chi connectivity index (χ3v) is 5.98. The van der Waals surface area contributed by atoms with Gasteiger partial charge in [-0.15, -0.1) is 0 Å². The fourth-order valence-electron chi connectivity index (χ4n) is 3.49. The third kappa shape index (κ3) is 5.21. The van der Waals surface area contributed by atoms with E-state index in [2.05, 4.69) is 5.32 Å². The molecule has 1 aliphatic rings. The number of barbiturate groups is 1. The number of carbonyl (C=O) groups is 3. The topological polar surface area (TPSA) is 75.7 Å². The number of nitrogens with one attached hydrogen (secondary N) is 1. The molecule has 1 fully saturated rings. The van der Waals surface area contributed by atoms with Crippen molar-refractivity contribution >= 4 is 52.8 Å². The van der Waals surface area contributed by atoms with Gasteiger partial charge in [0.2, 0.25) is 0 Å². The Morgan fingerprint density at radius 3 is 2.37 bits per heavy atom. The van der Waals surface area contributed by atoms with E-state index in [1.54, 1.807) is 30.3 Å². The number of benzene rings is 3. The summed E-state index contributed by atoms with van der Waals surface area (Å²) in [5.41, 5.74) is 2.83. The molecular formula is C26H19Cl2FN2O4. The van der Waals surface area contributed by atoms with Gasteiger partial charge in [0.25, 0.3) is 11.8 Å². The molecule has 1 N–H and O–H groups in total. The lowest BCUT2D eigenvalue weighted by molar-refractivity contribution is -0.122. The molecule has 4 rings (SSSR count). The minimum atomic E-state index is -0.860. The maximum Gasteiger partial charge on any atom is 0.335 e. The molecule has 1 heterocycles. The van der Waals surface area contributed by atoms with E-state index in [9.17, 15) is 18.8 Å². The van der Waals surface area contributed by atoms with Crippen molar-refractivity contribution in [3.8, 4) is 5.75 Å². The van der Waals surface area contributed by atoms with Crippen LogP contribution in [-0.4, -0.2) is 17.8 Å². The Morgan fingerprint density at radius 2 is 1.69 bits per heavy atom. The van der Waals surface area contributed by atoms with E-state index < -0.39 is 17.8 Å². The van der Waals surface area contributed by atoms with Crippen LogP contribution in [0.15, 0.2) is 60.2 Å². The van der Waals surface area contributed by atoms with Gasteiger partial charge in [0.05, 0.1) is 10.7 Å². The van der Waals surface area contributed by atoms with Crippen LogP contribution < -0.4 is 15.0 Å². The summed E-state index contributed by atoms with van der Waals surface area (Å²) < 4.78 is 19.0. The van der Waals surface area contributed by atoms with Crippen LogP contribution in [0.25, 0.3) is 6.08 Å². The SMILES string of the molecule is Cc1ccc(N2C(=O)NC(=O)/C(=C\c3cc(Cl)cc(Cl)c3OCc3ccc(F)cc3)C2=O)cc1C. The van der Waals surface area contributed by atoms with Crippen LogP contribution in [0.5, 0.6) is 5.75 Å². The van der Waals surface area contributed by atoms with Crippen molar-refractivity contribution in [1.82, 2.24) is 5.32 Å². The zero-order valence-corrected chi connectivity index (χ0v) is 20.2. The number of rotatable bonds is 5. The number of imide groups is 2. The van der Waals surface area contributed by atoms with E-state index in [0.717, 1.165) is 16.0 Å².